The van der Waals surface area contributed by atoms with Crippen LogP contribution in [0.25, 0.3) is 10.2 Å². The van der Waals surface area contributed by atoms with E-state index in [2.05, 4.69) is 20.4 Å². The minimum Gasteiger partial charge on any atom is -0.344 e. The van der Waals surface area contributed by atoms with Crippen LogP contribution in [0.2, 0.25) is 0 Å². The zero-order valence-electron chi connectivity index (χ0n) is 12.9. The van der Waals surface area contributed by atoms with Gasteiger partial charge in [0.05, 0.1) is 28.6 Å². The quantitative estimate of drug-likeness (QED) is 0.714. The summed E-state index contributed by atoms with van der Waals surface area (Å²) >= 11 is 1.63. The van der Waals surface area contributed by atoms with E-state index in [0.717, 1.165) is 33.8 Å². The predicted molar refractivity (Wildman–Crippen MR) is 89.9 cm³/mol. The molecule has 4 rings (SSSR count). The normalized spacial score (nSPS) is 15.7. The minimum atomic E-state index is 0.0595. The average Bonchev–Trinajstić information content (AvgIpc) is 3.14. The van der Waals surface area contributed by atoms with Gasteiger partial charge in [0.2, 0.25) is 5.91 Å². The number of carbonyl (C=O) groups is 1. The number of hydrogen-bond acceptors (Lipinski definition) is 6. The van der Waals surface area contributed by atoms with E-state index in [-0.39, 0.29) is 5.91 Å². The third-order valence-corrected chi connectivity index (χ3v) is 5.12. The van der Waals surface area contributed by atoms with Gasteiger partial charge < -0.3 is 9.80 Å². The van der Waals surface area contributed by atoms with Gasteiger partial charge in [-0.2, -0.15) is 5.10 Å². The number of fused-ring (bicyclic) bond motifs is 1. The summed E-state index contributed by atoms with van der Waals surface area (Å²) in [7, 11) is 1.85. The van der Waals surface area contributed by atoms with Gasteiger partial charge in [-0.25, -0.2) is 9.97 Å². The van der Waals surface area contributed by atoms with Gasteiger partial charge in [-0.1, -0.05) is 0 Å². The molecule has 3 aromatic heterocycles. The van der Waals surface area contributed by atoms with E-state index in [1.807, 2.05) is 25.1 Å². The molecule has 0 N–H and O–H groups in total. The SMILES string of the molecule is Cc1csc2c(N3CCN(c4cnn(C)c4)C(=O)C3)ncnc12. The molecular formula is C15H16N6OS. The van der Waals surface area contributed by atoms with Gasteiger partial charge in [0, 0.05) is 26.3 Å². The summed E-state index contributed by atoms with van der Waals surface area (Å²) in [6.45, 7) is 3.73. The fourth-order valence-electron chi connectivity index (χ4n) is 2.86. The lowest BCUT2D eigenvalue weighted by Crippen LogP contribution is -2.50. The predicted octanol–water partition coefficient (Wildman–Crippen LogP) is 1.59. The number of anilines is 2. The molecule has 0 radical (unpaired) electrons. The molecule has 4 heterocycles. The van der Waals surface area contributed by atoms with E-state index >= 15 is 0 Å². The van der Waals surface area contributed by atoms with Gasteiger partial charge in [-0.3, -0.25) is 9.48 Å². The molecule has 1 aliphatic rings. The van der Waals surface area contributed by atoms with Crippen LogP contribution in [0.3, 0.4) is 0 Å². The summed E-state index contributed by atoms with van der Waals surface area (Å²) in [6, 6.07) is 0. The lowest BCUT2D eigenvalue weighted by Gasteiger charge is -2.34. The molecule has 0 aromatic carbocycles. The summed E-state index contributed by atoms with van der Waals surface area (Å²) in [5.41, 5.74) is 2.97. The fourth-order valence-corrected chi connectivity index (χ4v) is 3.88. The zero-order valence-corrected chi connectivity index (χ0v) is 13.7. The monoisotopic (exact) mass is 328 g/mol. The van der Waals surface area contributed by atoms with Gasteiger partial charge in [0.15, 0.2) is 5.82 Å². The van der Waals surface area contributed by atoms with E-state index in [9.17, 15) is 4.79 Å². The maximum atomic E-state index is 12.5. The summed E-state index contributed by atoms with van der Waals surface area (Å²) in [5.74, 6) is 0.913. The number of hydrogen-bond donors (Lipinski definition) is 0. The first-order valence-corrected chi connectivity index (χ1v) is 8.24. The van der Waals surface area contributed by atoms with Gasteiger partial charge in [0.25, 0.3) is 0 Å². The van der Waals surface area contributed by atoms with Crippen molar-refractivity contribution < 1.29 is 4.79 Å². The lowest BCUT2D eigenvalue weighted by molar-refractivity contribution is -0.117. The number of aromatic nitrogens is 4. The molecule has 118 valence electrons. The molecule has 1 fully saturated rings. The second-order valence-corrected chi connectivity index (χ2v) is 6.51. The number of carbonyl (C=O) groups excluding carboxylic acids is 1. The van der Waals surface area contributed by atoms with Crippen LogP contribution >= 0.6 is 11.3 Å². The number of rotatable bonds is 2. The molecule has 1 aliphatic heterocycles. The number of amides is 1. The van der Waals surface area contributed by atoms with Crippen molar-refractivity contribution in [2.24, 2.45) is 7.05 Å². The molecule has 0 unspecified atom stereocenters. The van der Waals surface area contributed by atoms with Crippen molar-refractivity contribution in [3.05, 3.63) is 29.7 Å². The van der Waals surface area contributed by atoms with Crippen molar-refractivity contribution in [2.45, 2.75) is 6.92 Å². The van der Waals surface area contributed by atoms with Crippen molar-refractivity contribution in [3.8, 4) is 0 Å². The Kier molecular flexibility index (Phi) is 3.26. The highest BCUT2D eigenvalue weighted by atomic mass is 32.1. The molecule has 8 heteroatoms. The van der Waals surface area contributed by atoms with Gasteiger partial charge in [-0.15, -0.1) is 11.3 Å². The van der Waals surface area contributed by atoms with E-state index in [0.29, 0.717) is 13.1 Å². The molecular weight excluding hydrogens is 312 g/mol. The Labute approximate surface area is 137 Å². The van der Waals surface area contributed by atoms with Crippen molar-refractivity contribution in [3.63, 3.8) is 0 Å². The highest BCUT2D eigenvalue weighted by molar-refractivity contribution is 7.18. The summed E-state index contributed by atoms with van der Waals surface area (Å²) < 4.78 is 2.75. The Morgan fingerprint density at radius 1 is 1.26 bits per heavy atom. The smallest absolute Gasteiger partial charge is 0.246 e. The maximum Gasteiger partial charge on any atom is 0.246 e. The van der Waals surface area contributed by atoms with E-state index in [4.69, 9.17) is 0 Å². The molecule has 1 saturated heterocycles. The molecule has 0 bridgehead atoms. The van der Waals surface area contributed by atoms with E-state index in [1.54, 1.807) is 33.4 Å². The Morgan fingerprint density at radius 3 is 2.87 bits per heavy atom. The van der Waals surface area contributed by atoms with Crippen molar-refractivity contribution in [2.75, 3.05) is 29.4 Å². The van der Waals surface area contributed by atoms with Crippen LogP contribution in [0.15, 0.2) is 24.1 Å². The third-order valence-electron chi connectivity index (χ3n) is 4.04. The Morgan fingerprint density at radius 2 is 2.13 bits per heavy atom. The van der Waals surface area contributed by atoms with Crippen LogP contribution in [-0.2, 0) is 11.8 Å². The van der Waals surface area contributed by atoms with Crippen molar-refractivity contribution >= 4 is 39.0 Å². The molecule has 3 aromatic rings. The molecule has 1 amide bonds. The third kappa shape index (κ3) is 2.35. The average molecular weight is 328 g/mol. The second kappa shape index (κ2) is 5.31. The van der Waals surface area contributed by atoms with Crippen LogP contribution in [0.1, 0.15) is 5.56 Å². The largest absolute Gasteiger partial charge is 0.344 e. The first-order chi connectivity index (χ1) is 11.1. The van der Waals surface area contributed by atoms with E-state index < -0.39 is 0 Å². The van der Waals surface area contributed by atoms with Crippen molar-refractivity contribution in [1.82, 2.24) is 19.7 Å². The van der Waals surface area contributed by atoms with Gasteiger partial charge in [0.1, 0.15) is 6.33 Å². The summed E-state index contributed by atoms with van der Waals surface area (Å²) in [6.07, 6.45) is 5.16. The Hall–Kier alpha value is -2.48. The zero-order chi connectivity index (χ0) is 16.0. The molecule has 0 saturated carbocycles. The highest BCUT2D eigenvalue weighted by Gasteiger charge is 2.28. The number of piperazine rings is 1. The van der Waals surface area contributed by atoms with Crippen molar-refractivity contribution in [1.29, 1.82) is 0 Å². The molecule has 23 heavy (non-hydrogen) atoms. The summed E-state index contributed by atoms with van der Waals surface area (Å²) in [5, 5.41) is 6.22. The maximum absolute atomic E-state index is 12.5. The van der Waals surface area contributed by atoms with Crippen LogP contribution < -0.4 is 9.80 Å². The lowest BCUT2D eigenvalue weighted by atomic mass is 10.2. The number of thiophene rings is 1. The van der Waals surface area contributed by atoms with Gasteiger partial charge >= 0.3 is 0 Å². The van der Waals surface area contributed by atoms with Gasteiger partial charge in [-0.05, 0) is 17.9 Å². The topological polar surface area (TPSA) is 67.2 Å². The van der Waals surface area contributed by atoms with Crippen LogP contribution in [-0.4, -0.2) is 45.3 Å². The first-order valence-electron chi connectivity index (χ1n) is 7.36. The number of nitrogens with zero attached hydrogens (tertiary/aromatic N) is 6. The van der Waals surface area contributed by atoms with Crippen LogP contribution in [0, 0.1) is 6.92 Å². The molecule has 7 nitrogen and oxygen atoms in total. The molecule has 0 atom stereocenters. The standard InChI is InChI=1S/C15H16N6OS/c1-10-8-23-14-13(10)16-9-17-15(14)20-3-4-21(12(22)7-20)11-5-18-19(2)6-11/h5-6,8-9H,3-4,7H2,1-2H3. The van der Waals surface area contributed by atoms with E-state index in [1.165, 1.54) is 0 Å². The van der Waals surface area contributed by atoms with Crippen LogP contribution in [0.4, 0.5) is 11.5 Å². The number of aryl methyl sites for hydroxylation is 2. The second-order valence-electron chi connectivity index (χ2n) is 5.63. The minimum absolute atomic E-state index is 0.0595. The highest BCUT2D eigenvalue weighted by Crippen LogP contribution is 2.31. The summed E-state index contributed by atoms with van der Waals surface area (Å²) in [4.78, 5) is 25.1. The van der Waals surface area contributed by atoms with Crippen LogP contribution in [0.5, 0.6) is 0 Å². The first kappa shape index (κ1) is 14.1. The molecule has 0 spiro atoms. The Balaban J connectivity index is 1.62. The Bertz CT molecular complexity index is 885. The molecule has 0 aliphatic carbocycles. The fraction of sp³-hybridized carbons (Fsp3) is 0.333.